The molecule has 4 rings (SSSR count). The Kier molecular flexibility index (Phi) is 6.11. The monoisotopic (exact) mass is 391 g/mol. The molecule has 154 valence electrons. The van der Waals surface area contributed by atoms with Gasteiger partial charge in [0.05, 0.1) is 5.52 Å². The molecule has 1 heterocycles. The van der Waals surface area contributed by atoms with Gasteiger partial charge in [-0.3, -0.25) is 4.98 Å². The molecule has 1 aliphatic rings. The normalized spacial score (nSPS) is 20.1. The van der Waals surface area contributed by atoms with E-state index in [1.807, 2.05) is 31.3 Å². The van der Waals surface area contributed by atoms with Crippen molar-refractivity contribution < 1.29 is 10.2 Å². The van der Waals surface area contributed by atoms with Gasteiger partial charge in [-0.1, -0.05) is 58.0 Å². The first-order chi connectivity index (χ1) is 13.7. The fraction of sp³-hybridized carbons (Fsp3) is 0.423. The fourth-order valence-electron chi connectivity index (χ4n) is 4.28. The smallest absolute Gasteiger partial charge is 0.178 e. The van der Waals surface area contributed by atoms with E-state index in [0.717, 1.165) is 11.1 Å². The minimum Gasteiger partial charge on any atom is -0.364 e. The van der Waals surface area contributed by atoms with Crippen LogP contribution in [0.3, 0.4) is 0 Å². The summed E-state index contributed by atoms with van der Waals surface area (Å²) in [5.74, 6) is 0. The molecule has 0 radical (unpaired) electrons. The number of aliphatic hydroxyl groups excluding tert-OH is 1. The van der Waals surface area contributed by atoms with Gasteiger partial charge in [-0.15, -0.1) is 0 Å². The molecule has 0 aliphatic heterocycles. The predicted molar refractivity (Wildman–Crippen MR) is 120 cm³/mol. The minimum absolute atomic E-state index is 0.286. The summed E-state index contributed by atoms with van der Waals surface area (Å²) in [6.45, 7) is 11.3. The van der Waals surface area contributed by atoms with Gasteiger partial charge in [0.2, 0.25) is 0 Å². The highest BCUT2D eigenvalue weighted by molar-refractivity contribution is 5.81. The van der Waals surface area contributed by atoms with Gasteiger partial charge in [0.15, 0.2) is 6.29 Å². The number of hydrogen-bond donors (Lipinski definition) is 2. The molecule has 0 amide bonds. The average Bonchev–Trinajstić information content (AvgIpc) is 2.71. The quantitative estimate of drug-likeness (QED) is 0.531. The molecule has 0 bridgehead atoms. The van der Waals surface area contributed by atoms with Crippen molar-refractivity contribution in [3.63, 3.8) is 0 Å². The van der Waals surface area contributed by atoms with Gasteiger partial charge in [-0.05, 0) is 71.9 Å². The second-order valence-corrected chi connectivity index (χ2v) is 9.12. The summed E-state index contributed by atoms with van der Waals surface area (Å²) in [4.78, 5) is 4.54. The molecule has 1 unspecified atom stereocenters. The highest BCUT2D eigenvalue weighted by atomic mass is 16.5. The van der Waals surface area contributed by atoms with Gasteiger partial charge in [-0.25, -0.2) is 0 Å². The molecule has 1 aromatic heterocycles. The lowest BCUT2D eigenvalue weighted by molar-refractivity contribution is -0.0429. The van der Waals surface area contributed by atoms with Crippen molar-refractivity contribution in [3.8, 4) is 0 Å². The van der Waals surface area contributed by atoms with Crippen LogP contribution in [0.2, 0.25) is 0 Å². The molecular weight excluding hydrogens is 358 g/mol. The number of aromatic nitrogens is 1. The molecular formula is C26H33NO2. The molecule has 1 aliphatic carbocycles. The number of aryl methyl sites for hydroxylation is 1. The van der Waals surface area contributed by atoms with Crippen molar-refractivity contribution in [2.24, 2.45) is 0 Å². The second-order valence-electron chi connectivity index (χ2n) is 9.12. The highest BCUT2D eigenvalue weighted by Crippen LogP contribution is 2.48. The van der Waals surface area contributed by atoms with E-state index >= 15 is 0 Å². The maximum Gasteiger partial charge on any atom is 0.178 e. The van der Waals surface area contributed by atoms with Gasteiger partial charge in [0, 0.05) is 17.1 Å². The average molecular weight is 392 g/mol. The summed E-state index contributed by atoms with van der Waals surface area (Å²) in [6.07, 6.45) is 4.31. The third-order valence-electron chi connectivity index (χ3n) is 6.67. The van der Waals surface area contributed by atoms with E-state index in [0.29, 0.717) is 11.0 Å². The number of pyridine rings is 1. The van der Waals surface area contributed by atoms with Crippen LogP contribution >= 0.6 is 0 Å². The minimum atomic E-state index is -1.35. The van der Waals surface area contributed by atoms with Crippen LogP contribution in [0.5, 0.6) is 0 Å². The Bertz CT molecular complexity index is 993. The highest BCUT2D eigenvalue weighted by Gasteiger charge is 2.38. The number of fused-ring (bicyclic) bond motifs is 2. The maximum absolute atomic E-state index is 8.76. The Hall–Kier alpha value is -2.23. The fourth-order valence-corrected chi connectivity index (χ4v) is 4.28. The second kappa shape index (κ2) is 8.25. The van der Waals surface area contributed by atoms with E-state index in [2.05, 4.69) is 50.9 Å². The number of benzene rings is 2. The van der Waals surface area contributed by atoms with Crippen molar-refractivity contribution in [2.45, 2.75) is 71.0 Å². The summed E-state index contributed by atoms with van der Waals surface area (Å²) < 4.78 is 0. The van der Waals surface area contributed by atoms with E-state index in [-0.39, 0.29) is 5.41 Å². The maximum atomic E-state index is 8.76. The SMILES string of the molecule is CCC1(C)CCC(C)(C)c2cc3cccnc3cc21.Cc1ccccc1C(O)O. The first-order valence-corrected chi connectivity index (χ1v) is 10.5. The summed E-state index contributed by atoms with van der Waals surface area (Å²) in [6, 6.07) is 16.1. The lowest BCUT2D eigenvalue weighted by Crippen LogP contribution is -2.35. The first-order valence-electron chi connectivity index (χ1n) is 10.5. The Balaban J connectivity index is 0.000000204. The lowest BCUT2D eigenvalue weighted by atomic mass is 9.61. The lowest BCUT2D eigenvalue weighted by Gasteiger charge is -2.43. The van der Waals surface area contributed by atoms with E-state index in [4.69, 9.17) is 10.2 Å². The van der Waals surface area contributed by atoms with E-state index in [1.165, 1.54) is 35.8 Å². The number of rotatable bonds is 2. The Morgan fingerprint density at radius 1 is 0.966 bits per heavy atom. The Morgan fingerprint density at radius 3 is 2.31 bits per heavy atom. The Morgan fingerprint density at radius 2 is 1.69 bits per heavy atom. The van der Waals surface area contributed by atoms with Crippen LogP contribution in [-0.4, -0.2) is 15.2 Å². The Labute approximate surface area is 174 Å². The van der Waals surface area contributed by atoms with Gasteiger partial charge < -0.3 is 10.2 Å². The summed E-state index contributed by atoms with van der Waals surface area (Å²) >= 11 is 0. The topological polar surface area (TPSA) is 53.4 Å². The van der Waals surface area contributed by atoms with Crippen molar-refractivity contribution >= 4 is 10.9 Å². The van der Waals surface area contributed by atoms with Crippen LogP contribution in [0.25, 0.3) is 10.9 Å². The van der Waals surface area contributed by atoms with E-state index in [1.54, 1.807) is 12.1 Å². The molecule has 2 N–H and O–H groups in total. The zero-order chi connectivity index (χ0) is 21.2. The van der Waals surface area contributed by atoms with Crippen molar-refractivity contribution in [3.05, 3.63) is 77.0 Å². The number of hydrogen-bond acceptors (Lipinski definition) is 3. The molecule has 29 heavy (non-hydrogen) atoms. The molecule has 1 atom stereocenters. The molecule has 0 saturated heterocycles. The molecule has 0 fully saturated rings. The molecule has 0 saturated carbocycles. The molecule has 2 aromatic carbocycles. The van der Waals surface area contributed by atoms with Gasteiger partial charge in [0.25, 0.3) is 0 Å². The van der Waals surface area contributed by atoms with Crippen LogP contribution < -0.4 is 0 Å². The molecule has 3 nitrogen and oxygen atoms in total. The van der Waals surface area contributed by atoms with Gasteiger partial charge in [-0.2, -0.15) is 0 Å². The van der Waals surface area contributed by atoms with Crippen molar-refractivity contribution in [1.82, 2.24) is 4.98 Å². The summed E-state index contributed by atoms with van der Waals surface area (Å²) in [5, 5.41) is 18.8. The number of aliphatic hydroxyl groups is 2. The van der Waals surface area contributed by atoms with Crippen LogP contribution in [0, 0.1) is 6.92 Å². The van der Waals surface area contributed by atoms with Crippen molar-refractivity contribution in [1.29, 1.82) is 0 Å². The van der Waals surface area contributed by atoms with Crippen LogP contribution in [0.15, 0.2) is 54.7 Å². The van der Waals surface area contributed by atoms with Crippen LogP contribution in [-0.2, 0) is 10.8 Å². The summed E-state index contributed by atoms with van der Waals surface area (Å²) in [7, 11) is 0. The zero-order valence-corrected chi connectivity index (χ0v) is 18.2. The van der Waals surface area contributed by atoms with Crippen LogP contribution in [0.1, 0.15) is 75.5 Å². The van der Waals surface area contributed by atoms with Gasteiger partial charge in [0.1, 0.15) is 0 Å². The predicted octanol–water partition coefficient (Wildman–Crippen LogP) is 5.95. The number of nitrogens with zero attached hydrogens (tertiary/aromatic N) is 1. The van der Waals surface area contributed by atoms with Gasteiger partial charge >= 0.3 is 0 Å². The van der Waals surface area contributed by atoms with Crippen LogP contribution in [0.4, 0.5) is 0 Å². The molecule has 3 aromatic rings. The first kappa shape index (κ1) is 21.5. The standard InChI is InChI=1S/C18H23N.C8H10O2/c1-5-18(4)9-8-17(2,3)14-11-13-7-6-10-19-16(13)12-15(14)18;1-6-4-2-3-5-7(6)8(9)10/h6-7,10-12H,5,8-9H2,1-4H3;2-5,8-10H,1H3. The zero-order valence-electron chi connectivity index (χ0n) is 18.2. The van der Waals surface area contributed by atoms with Crippen molar-refractivity contribution in [2.75, 3.05) is 0 Å². The molecule has 0 spiro atoms. The van der Waals surface area contributed by atoms with E-state index < -0.39 is 6.29 Å². The largest absolute Gasteiger partial charge is 0.364 e. The van der Waals surface area contributed by atoms with E-state index in [9.17, 15) is 0 Å². The summed E-state index contributed by atoms with van der Waals surface area (Å²) in [5.41, 5.74) is 6.27. The molecule has 3 heteroatoms. The third kappa shape index (κ3) is 4.36. The third-order valence-corrected chi connectivity index (χ3v) is 6.67.